The van der Waals surface area contributed by atoms with Crippen LogP contribution in [0.25, 0.3) is 10.8 Å². The van der Waals surface area contributed by atoms with Gasteiger partial charge in [-0.15, -0.1) is 0 Å². The van der Waals surface area contributed by atoms with Crippen molar-refractivity contribution in [2.45, 2.75) is 6.92 Å². The van der Waals surface area contributed by atoms with Crippen LogP contribution in [0.15, 0.2) is 59.1 Å². The molecule has 0 aliphatic heterocycles. The standard InChI is InChI=1S/C20H15BrO4/c1-2-24-18-11-13(12-22)10-17(21)19(18)25-20(23)16-9-5-7-14-6-3-4-8-15(14)16/h3-12H,2H2,1H3. The summed E-state index contributed by atoms with van der Waals surface area (Å²) in [6.45, 7) is 2.20. The molecule has 0 aliphatic rings. The Kier molecular flexibility index (Phi) is 5.14. The van der Waals surface area contributed by atoms with E-state index in [1.807, 2.05) is 43.3 Å². The van der Waals surface area contributed by atoms with Crippen molar-refractivity contribution < 1.29 is 19.1 Å². The van der Waals surface area contributed by atoms with E-state index >= 15 is 0 Å². The molecule has 0 saturated carbocycles. The van der Waals surface area contributed by atoms with E-state index in [4.69, 9.17) is 9.47 Å². The fourth-order valence-corrected chi connectivity index (χ4v) is 3.11. The van der Waals surface area contributed by atoms with Gasteiger partial charge in [0, 0.05) is 5.56 Å². The van der Waals surface area contributed by atoms with Crippen LogP contribution in [0.2, 0.25) is 0 Å². The van der Waals surface area contributed by atoms with Gasteiger partial charge in [0.25, 0.3) is 0 Å². The number of aldehydes is 1. The molecular weight excluding hydrogens is 384 g/mol. The third-order valence-corrected chi connectivity index (χ3v) is 4.26. The Morgan fingerprint density at radius 1 is 1.12 bits per heavy atom. The van der Waals surface area contributed by atoms with E-state index in [-0.39, 0.29) is 5.75 Å². The van der Waals surface area contributed by atoms with Gasteiger partial charge >= 0.3 is 5.97 Å². The molecule has 3 aromatic carbocycles. The lowest BCUT2D eigenvalue weighted by atomic mass is 10.0. The van der Waals surface area contributed by atoms with E-state index in [2.05, 4.69) is 15.9 Å². The summed E-state index contributed by atoms with van der Waals surface area (Å²) >= 11 is 3.34. The van der Waals surface area contributed by atoms with Gasteiger partial charge in [-0.2, -0.15) is 0 Å². The van der Waals surface area contributed by atoms with Gasteiger partial charge in [0.05, 0.1) is 16.6 Å². The van der Waals surface area contributed by atoms with Crippen molar-refractivity contribution in [3.05, 3.63) is 70.2 Å². The Morgan fingerprint density at radius 2 is 1.88 bits per heavy atom. The molecule has 0 atom stereocenters. The topological polar surface area (TPSA) is 52.6 Å². The van der Waals surface area contributed by atoms with Gasteiger partial charge in [0.2, 0.25) is 0 Å². The first-order valence-corrected chi connectivity index (χ1v) is 8.54. The molecule has 0 aromatic heterocycles. The number of hydrogen-bond acceptors (Lipinski definition) is 4. The second-order valence-corrected chi connectivity index (χ2v) is 6.15. The van der Waals surface area contributed by atoms with E-state index in [1.54, 1.807) is 18.2 Å². The van der Waals surface area contributed by atoms with Crippen molar-refractivity contribution in [2.24, 2.45) is 0 Å². The predicted molar refractivity (Wildman–Crippen MR) is 99.6 cm³/mol. The SMILES string of the molecule is CCOc1cc(C=O)cc(Br)c1OC(=O)c1cccc2ccccc12. The van der Waals surface area contributed by atoms with Gasteiger partial charge in [0.1, 0.15) is 6.29 Å². The number of carbonyl (C=O) groups excluding carboxylic acids is 2. The first-order chi connectivity index (χ1) is 12.1. The third kappa shape index (κ3) is 3.56. The zero-order valence-electron chi connectivity index (χ0n) is 13.5. The second kappa shape index (κ2) is 7.49. The second-order valence-electron chi connectivity index (χ2n) is 5.30. The van der Waals surface area contributed by atoms with Gasteiger partial charge < -0.3 is 9.47 Å². The van der Waals surface area contributed by atoms with Gasteiger partial charge in [-0.3, -0.25) is 4.79 Å². The van der Waals surface area contributed by atoms with Crippen molar-refractivity contribution in [2.75, 3.05) is 6.61 Å². The molecule has 0 aliphatic carbocycles. The van der Waals surface area contributed by atoms with Crippen molar-refractivity contribution >= 4 is 39.0 Å². The van der Waals surface area contributed by atoms with Crippen LogP contribution >= 0.6 is 15.9 Å². The molecule has 0 fully saturated rings. The number of rotatable bonds is 5. The van der Waals surface area contributed by atoms with Crippen molar-refractivity contribution in [3.63, 3.8) is 0 Å². The molecule has 126 valence electrons. The fourth-order valence-electron chi connectivity index (χ4n) is 2.57. The molecule has 5 heteroatoms. The summed E-state index contributed by atoms with van der Waals surface area (Å²) in [5.74, 6) is 0.107. The van der Waals surface area contributed by atoms with Crippen LogP contribution < -0.4 is 9.47 Å². The van der Waals surface area contributed by atoms with Gasteiger partial charge in [-0.25, -0.2) is 4.79 Å². The molecule has 0 unspecified atom stereocenters. The molecule has 0 heterocycles. The lowest BCUT2D eigenvalue weighted by molar-refractivity contribution is 0.0729. The Bertz CT molecular complexity index is 944. The van der Waals surface area contributed by atoms with Crippen LogP contribution in [0.5, 0.6) is 11.5 Å². The number of halogens is 1. The molecule has 0 saturated heterocycles. The van der Waals surface area contributed by atoms with Crippen LogP contribution in [-0.4, -0.2) is 18.9 Å². The first-order valence-electron chi connectivity index (χ1n) is 7.75. The Balaban J connectivity index is 2.01. The number of fused-ring (bicyclic) bond motifs is 1. The molecule has 3 aromatic rings. The highest BCUT2D eigenvalue weighted by molar-refractivity contribution is 9.10. The van der Waals surface area contributed by atoms with Gasteiger partial charge in [-0.1, -0.05) is 36.4 Å². The predicted octanol–water partition coefficient (Wildman–Crippen LogP) is 5.03. The molecule has 0 bridgehead atoms. The van der Waals surface area contributed by atoms with E-state index < -0.39 is 5.97 Å². The van der Waals surface area contributed by atoms with Gasteiger partial charge in [-0.05, 0) is 51.8 Å². The van der Waals surface area contributed by atoms with Crippen LogP contribution in [0.4, 0.5) is 0 Å². The smallest absolute Gasteiger partial charge is 0.344 e. The zero-order chi connectivity index (χ0) is 17.8. The molecule has 3 rings (SSSR count). The highest BCUT2D eigenvalue weighted by atomic mass is 79.9. The summed E-state index contributed by atoms with van der Waals surface area (Å²) in [6, 6.07) is 16.2. The first kappa shape index (κ1) is 17.2. The Morgan fingerprint density at radius 3 is 2.64 bits per heavy atom. The zero-order valence-corrected chi connectivity index (χ0v) is 15.1. The minimum atomic E-state index is -0.489. The highest BCUT2D eigenvalue weighted by Crippen LogP contribution is 2.37. The number of benzene rings is 3. The third-order valence-electron chi connectivity index (χ3n) is 3.67. The van der Waals surface area contributed by atoms with Crippen molar-refractivity contribution in [1.82, 2.24) is 0 Å². The van der Waals surface area contributed by atoms with E-state index in [0.717, 1.165) is 10.8 Å². The largest absolute Gasteiger partial charge is 0.490 e. The van der Waals surface area contributed by atoms with Crippen LogP contribution in [-0.2, 0) is 0 Å². The van der Waals surface area contributed by atoms with Crippen molar-refractivity contribution in [1.29, 1.82) is 0 Å². The average molecular weight is 399 g/mol. The van der Waals surface area contributed by atoms with Crippen LogP contribution in [0.1, 0.15) is 27.6 Å². The maximum absolute atomic E-state index is 12.7. The van der Waals surface area contributed by atoms with Crippen molar-refractivity contribution in [3.8, 4) is 11.5 Å². The normalized spacial score (nSPS) is 10.5. The lowest BCUT2D eigenvalue weighted by Crippen LogP contribution is -2.11. The Hall–Kier alpha value is -2.66. The summed E-state index contributed by atoms with van der Waals surface area (Å²) in [6.07, 6.45) is 0.712. The molecule has 4 nitrogen and oxygen atoms in total. The fraction of sp³-hybridized carbons (Fsp3) is 0.100. The minimum Gasteiger partial charge on any atom is -0.490 e. The maximum Gasteiger partial charge on any atom is 0.344 e. The molecular formula is C20H15BrO4. The monoisotopic (exact) mass is 398 g/mol. The number of ether oxygens (including phenoxy) is 2. The minimum absolute atomic E-state index is 0.255. The molecule has 0 N–H and O–H groups in total. The van der Waals surface area contributed by atoms with Gasteiger partial charge in [0.15, 0.2) is 11.5 Å². The van der Waals surface area contributed by atoms with Crippen LogP contribution in [0.3, 0.4) is 0 Å². The highest BCUT2D eigenvalue weighted by Gasteiger charge is 2.18. The average Bonchev–Trinajstić information content (AvgIpc) is 2.63. The van der Waals surface area contributed by atoms with E-state index in [1.165, 1.54) is 0 Å². The quantitative estimate of drug-likeness (QED) is 0.343. The molecule has 25 heavy (non-hydrogen) atoms. The number of carbonyl (C=O) groups is 2. The number of hydrogen-bond donors (Lipinski definition) is 0. The summed E-state index contributed by atoms with van der Waals surface area (Å²) in [5, 5.41) is 1.77. The summed E-state index contributed by atoms with van der Waals surface area (Å²) in [5.41, 5.74) is 0.896. The maximum atomic E-state index is 12.7. The van der Waals surface area contributed by atoms with E-state index in [0.29, 0.717) is 34.2 Å². The van der Waals surface area contributed by atoms with Crippen LogP contribution in [0, 0.1) is 0 Å². The lowest BCUT2D eigenvalue weighted by Gasteiger charge is -2.14. The molecule has 0 radical (unpaired) electrons. The Labute approximate surface area is 153 Å². The molecule has 0 spiro atoms. The molecule has 0 amide bonds. The van der Waals surface area contributed by atoms with E-state index in [9.17, 15) is 9.59 Å². The summed E-state index contributed by atoms with van der Waals surface area (Å²) in [4.78, 5) is 23.8. The summed E-state index contributed by atoms with van der Waals surface area (Å²) in [7, 11) is 0. The summed E-state index contributed by atoms with van der Waals surface area (Å²) < 4.78 is 11.6. The number of esters is 1.